The van der Waals surface area contributed by atoms with Gasteiger partial charge in [-0.3, -0.25) is 0 Å². The molecule has 2 aromatic rings. The van der Waals surface area contributed by atoms with Crippen LogP contribution in [0, 0.1) is 17.1 Å². The van der Waals surface area contributed by atoms with E-state index in [9.17, 15) is 24.1 Å². The minimum absolute atomic E-state index is 0.0472. The highest BCUT2D eigenvalue weighted by atomic mass is 32.2. The van der Waals surface area contributed by atoms with Crippen LogP contribution in [-0.2, 0) is 15.5 Å². The van der Waals surface area contributed by atoms with Crippen molar-refractivity contribution in [3.63, 3.8) is 0 Å². The fourth-order valence-electron chi connectivity index (χ4n) is 3.24. The van der Waals surface area contributed by atoms with Crippen LogP contribution in [-0.4, -0.2) is 25.8 Å². The highest BCUT2D eigenvalue weighted by molar-refractivity contribution is 7.93. The van der Waals surface area contributed by atoms with Gasteiger partial charge in [-0.25, -0.2) is 18.7 Å². The molecule has 5 N–H and O–H groups in total. The summed E-state index contributed by atoms with van der Waals surface area (Å²) in [5.74, 6) is -0.779. The Morgan fingerprint density at radius 2 is 2.13 bits per heavy atom. The predicted octanol–water partition coefficient (Wildman–Crippen LogP) is 3.47. The maximum absolute atomic E-state index is 14.9. The number of aliphatic hydroxyl groups is 2. The number of aromatic nitrogens is 1. The fourth-order valence-corrected chi connectivity index (χ4v) is 5.39. The van der Waals surface area contributed by atoms with Crippen molar-refractivity contribution in [3.8, 4) is 6.07 Å². The average molecular weight is 468 g/mol. The number of benzene rings is 1. The number of nitrogens with zero attached hydrogens (tertiary/aromatic N) is 3. The fraction of sp³-hybridized carbons (Fsp3) is 0.500. The third-order valence-electron chi connectivity index (χ3n) is 4.87. The van der Waals surface area contributed by atoms with Crippen LogP contribution in [0.3, 0.4) is 0 Å². The first-order valence-corrected chi connectivity index (χ1v) is 12.2. The number of thiazole rings is 1. The van der Waals surface area contributed by atoms with Gasteiger partial charge in [-0.2, -0.15) is 9.62 Å². The van der Waals surface area contributed by atoms with Crippen LogP contribution in [0.5, 0.6) is 0 Å². The first-order chi connectivity index (χ1) is 14.3. The van der Waals surface area contributed by atoms with Gasteiger partial charge in [0, 0.05) is 11.3 Å². The summed E-state index contributed by atoms with van der Waals surface area (Å²) in [6, 6.07) is 3.38. The van der Waals surface area contributed by atoms with Crippen molar-refractivity contribution in [1.29, 1.82) is 5.26 Å². The minimum Gasteiger partial charge on any atom is -0.383 e. The smallest absolute Gasteiger partial charge is 0.233 e. The molecule has 1 heterocycles. The van der Waals surface area contributed by atoms with Gasteiger partial charge in [0.15, 0.2) is 0 Å². The lowest BCUT2D eigenvalue weighted by molar-refractivity contribution is 0.0783. The summed E-state index contributed by atoms with van der Waals surface area (Å²) in [5.41, 5.74) is 0.0546. The van der Waals surface area contributed by atoms with Crippen LogP contribution in [0.2, 0.25) is 0 Å². The van der Waals surface area contributed by atoms with Crippen molar-refractivity contribution in [2.24, 2.45) is 9.50 Å². The molecule has 1 aliphatic carbocycles. The quantitative estimate of drug-likeness (QED) is 0.459. The molecule has 8 nitrogen and oxygen atoms in total. The maximum Gasteiger partial charge on any atom is 0.233 e. The van der Waals surface area contributed by atoms with Crippen molar-refractivity contribution in [3.05, 3.63) is 39.8 Å². The van der Waals surface area contributed by atoms with E-state index in [1.807, 2.05) is 6.07 Å². The molecule has 1 fully saturated rings. The molecule has 0 amide bonds. The van der Waals surface area contributed by atoms with Gasteiger partial charge in [0.25, 0.3) is 0 Å². The number of anilines is 1. The summed E-state index contributed by atoms with van der Waals surface area (Å²) >= 11 is 0.938. The molecule has 11 heteroatoms. The Bertz CT molecular complexity index is 1150. The van der Waals surface area contributed by atoms with E-state index in [2.05, 4.69) is 14.7 Å². The van der Waals surface area contributed by atoms with E-state index >= 15 is 0 Å². The summed E-state index contributed by atoms with van der Waals surface area (Å²) in [6.45, 7) is 6.64. The zero-order valence-corrected chi connectivity index (χ0v) is 19.4. The van der Waals surface area contributed by atoms with Gasteiger partial charge in [-0.1, -0.05) is 13.8 Å². The van der Waals surface area contributed by atoms with Gasteiger partial charge in [0.1, 0.15) is 36.6 Å². The van der Waals surface area contributed by atoms with Crippen molar-refractivity contribution in [1.82, 2.24) is 4.98 Å². The van der Waals surface area contributed by atoms with Crippen LogP contribution < -0.4 is 10.5 Å². The van der Waals surface area contributed by atoms with Crippen molar-refractivity contribution in [2.45, 2.75) is 68.5 Å². The van der Waals surface area contributed by atoms with E-state index < -0.39 is 27.7 Å². The van der Waals surface area contributed by atoms with E-state index in [-0.39, 0.29) is 27.2 Å². The molecule has 0 aliphatic heterocycles. The van der Waals surface area contributed by atoms with Gasteiger partial charge in [0.05, 0.1) is 11.8 Å². The normalized spacial score (nSPS) is 17.2. The van der Waals surface area contributed by atoms with Crippen molar-refractivity contribution < 1.29 is 18.8 Å². The van der Waals surface area contributed by atoms with Gasteiger partial charge < -0.3 is 15.5 Å². The maximum atomic E-state index is 14.9. The molecular weight excluding hydrogens is 441 g/mol. The molecule has 0 radical (unpaired) electrons. The Balaban J connectivity index is 2.00. The van der Waals surface area contributed by atoms with Crippen LogP contribution in [0.4, 0.5) is 10.1 Å². The summed E-state index contributed by atoms with van der Waals surface area (Å²) in [6.07, 6.45) is 1.36. The lowest BCUT2D eigenvalue weighted by Gasteiger charge is -2.22. The summed E-state index contributed by atoms with van der Waals surface area (Å²) in [7, 11) is -3.53. The monoisotopic (exact) mass is 467 g/mol. The average Bonchev–Trinajstić information content (AvgIpc) is 3.33. The second-order valence-electron chi connectivity index (χ2n) is 8.39. The Labute approximate surface area is 185 Å². The second kappa shape index (κ2) is 8.44. The molecule has 2 unspecified atom stereocenters. The van der Waals surface area contributed by atoms with Gasteiger partial charge in [-0.05, 0) is 50.2 Å². The van der Waals surface area contributed by atoms with E-state index in [1.165, 1.54) is 26.1 Å². The highest BCUT2D eigenvalue weighted by Gasteiger charge is 2.32. The zero-order valence-electron chi connectivity index (χ0n) is 17.7. The highest BCUT2D eigenvalue weighted by Crippen LogP contribution is 2.47. The molecule has 0 saturated heterocycles. The molecule has 1 aliphatic rings. The first kappa shape index (κ1) is 23.6. The number of nitrogens with one attached hydrogen (secondary N) is 1. The topological polar surface area (TPSA) is 145 Å². The molecule has 168 valence electrons. The first-order valence-electron chi connectivity index (χ1n) is 9.78. The lowest BCUT2D eigenvalue weighted by atomic mass is 9.92. The van der Waals surface area contributed by atoms with Gasteiger partial charge >= 0.3 is 0 Å². The Hall–Kier alpha value is -2.10. The number of nitriles is 1. The number of hydrogen-bond acceptors (Lipinski definition) is 8. The number of halogens is 1. The zero-order chi connectivity index (χ0) is 23.1. The van der Waals surface area contributed by atoms with E-state index in [0.29, 0.717) is 10.7 Å². The summed E-state index contributed by atoms with van der Waals surface area (Å²) < 4.78 is 31.8. The minimum atomic E-state index is -3.53. The molecular formula is C20H26FN5O3S2. The third-order valence-corrected chi connectivity index (χ3v) is 8.14. The lowest BCUT2D eigenvalue weighted by Crippen LogP contribution is -2.24. The predicted molar refractivity (Wildman–Crippen MR) is 117 cm³/mol. The van der Waals surface area contributed by atoms with Crippen LogP contribution in [0.1, 0.15) is 74.1 Å². The molecule has 3 rings (SSSR count). The van der Waals surface area contributed by atoms with E-state index in [4.69, 9.17) is 5.14 Å². The second-order valence-corrected chi connectivity index (χ2v) is 11.5. The van der Waals surface area contributed by atoms with Gasteiger partial charge in [-0.15, -0.1) is 11.3 Å². The van der Waals surface area contributed by atoms with Crippen LogP contribution in [0.15, 0.2) is 20.8 Å². The van der Waals surface area contributed by atoms with E-state index in [1.54, 1.807) is 13.8 Å². The Kier molecular flexibility index (Phi) is 6.42. The third kappa shape index (κ3) is 5.05. The summed E-state index contributed by atoms with van der Waals surface area (Å²) in [4.78, 5) is 4.03. The molecule has 31 heavy (non-hydrogen) atoms. The Morgan fingerprint density at radius 1 is 1.48 bits per heavy atom. The van der Waals surface area contributed by atoms with Crippen molar-refractivity contribution >= 4 is 26.9 Å². The molecule has 0 spiro atoms. The molecule has 1 aromatic carbocycles. The standard InChI is InChI=1S/C20H26FN5O3S2/c1-10(2)15-16(21)12(8-22)7-13(11-5-6-11)17(15)25-19(27)26-31(23,29)14-9-24-18(30-14)20(3,4)28/h7,9-11,19,25,27-28H,5-6H2,1-4H3,(H2,23,26,29). The molecule has 0 bridgehead atoms. The number of nitrogens with two attached hydrogens (primary N) is 1. The molecule has 1 aromatic heterocycles. The number of rotatable bonds is 7. The number of hydrogen-bond donors (Lipinski definition) is 4. The largest absolute Gasteiger partial charge is 0.383 e. The van der Waals surface area contributed by atoms with Gasteiger partial charge in [0.2, 0.25) is 6.35 Å². The van der Waals surface area contributed by atoms with E-state index in [0.717, 1.165) is 29.7 Å². The van der Waals surface area contributed by atoms with Crippen molar-refractivity contribution in [2.75, 3.05) is 5.32 Å². The summed E-state index contributed by atoms with van der Waals surface area (Å²) in [5, 5.41) is 38.8. The molecule has 2 atom stereocenters. The number of aliphatic hydroxyl groups excluding tert-OH is 1. The van der Waals surface area contributed by atoms with Crippen LogP contribution in [0.25, 0.3) is 0 Å². The molecule has 1 saturated carbocycles. The SMILES string of the molecule is CC(C)c1c(F)c(C#N)cc(C2CC2)c1NC(O)N=S(N)(=O)c1cnc(C(C)(C)O)s1. The van der Waals surface area contributed by atoms with Crippen LogP contribution >= 0.6 is 11.3 Å². The Morgan fingerprint density at radius 3 is 2.61 bits per heavy atom.